The Morgan fingerprint density at radius 2 is 2.12 bits per heavy atom. The fourth-order valence-electron chi connectivity index (χ4n) is 1.33. The van der Waals surface area contributed by atoms with E-state index in [2.05, 4.69) is 5.32 Å². The first-order valence-electron chi connectivity index (χ1n) is 5.35. The second kappa shape index (κ2) is 6.81. The number of carbonyl (C=O) groups is 1. The van der Waals surface area contributed by atoms with E-state index in [4.69, 9.17) is 4.74 Å². The number of methoxy groups -OCH3 is 1. The van der Waals surface area contributed by atoms with Gasteiger partial charge in [-0.15, -0.1) is 0 Å². The molecule has 0 aliphatic heterocycles. The zero-order valence-electron chi connectivity index (χ0n) is 9.94. The van der Waals surface area contributed by atoms with Gasteiger partial charge in [-0.25, -0.2) is 4.39 Å². The van der Waals surface area contributed by atoms with E-state index in [-0.39, 0.29) is 17.8 Å². The van der Waals surface area contributed by atoms with Gasteiger partial charge < -0.3 is 10.1 Å². The van der Waals surface area contributed by atoms with Crippen LogP contribution in [0.4, 0.5) is 4.39 Å². The smallest absolute Gasteiger partial charge is 0.244 e. The van der Waals surface area contributed by atoms with Crippen molar-refractivity contribution in [2.75, 3.05) is 13.7 Å². The largest absolute Gasteiger partial charge is 0.383 e. The minimum atomic E-state index is -0.291. The van der Waals surface area contributed by atoms with Gasteiger partial charge in [0, 0.05) is 19.2 Å². The van der Waals surface area contributed by atoms with Gasteiger partial charge in [0.1, 0.15) is 5.82 Å². The molecule has 1 rings (SSSR count). The lowest BCUT2D eigenvalue weighted by Gasteiger charge is -2.10. The van der Waals surface area contributed by atoms with E-state index in [0.717, 1.165) is 5.56 Å². The minimum Gasteiger partial charge on any atom is -0.383 e. The molecule has 0 aromatic heterocycles. The molecule has 0 aliphatic rings. The molecule has 0 radical (unpaired) electrons. The van der Waals surface area contributed by atoms with Crippen LogP contribution in [0.2, 0.25) is 0 Å². The lowest BCUT2D eigenvalue weighted by atomic mass is 10.2. The normalized spacial score (nSPS) is 12.6. The summed E-state index contributed by atoms with van der Waals surface area (Å²) in [5, 5.41) is 2.74. The molecule has 1 aromatic rings. The van der Waals surface area contributed by atoms with E-state index in [1.54, 1.807) is 25.3 Å². The van der Waals surface area contributed by atoms with Gasteiger partial charge in [-0.1, -0.05) is 12.1 Å². The van der Waals surface area contributed by atoms with Crippen molar-refractivity contribution in [3.8, 4) is 0 Å². The van der Waals surface area contributed by atoms with Crippen molar-refractivity contribution in [3.63, 3.8) is 0 Å². The summed E-state index contributed by atoms with van der Waals surface area (Å²) in [5.74, 6) is -0.487. The average Bonchev–Trinajstić information content (AvgIpc) is 2.28. The number of nitrogens with one attached hydrogen (secondary N) is 1. The quantitative estimate of drug-likeness (QED) is 0.795. The Bertz CT molecular complexity index is 387. The van der Waals surface area contributed by atoms with Crippen LogP contribution in [0.3, 0.4) is 0 Å². The standard InChI is InChI=1S/C13H16FNO2/c1-10(9-17-2)15-13(16)8-5-11-3-6-12(14)7-4-11/h3-8,10H,9H2,1-2H3,(H,15,16)/b8-5+/t10-/m0/s1. The first kappa shape index (κ1) is 13.4. The lowest BCUT2D eigenvalue weighted by molar-refractivity contribution is -0.117. The second-order valence-corrected chi connectivity index (χ2v) is 3.75. The molecule has 1 atom stereocenters. The number of amides is 1. The molecule has 4 heteroatoms. The number of rotatable bonds is 5. The number of carbonyl (C=O) groups excluding carboxylic acids is 1. The van der Waals surface area contributed by atoms with Crippen molar-refractivity contribution in [3.05, 3.63) is 41.7 Å². The van der Waals surface area contributed by atoms with Crippen LogP contribution in [0.1, 0.15) is 12.5 Å². The second-order valence-electron chi connectivity index (χ2n) is 3.75. The predicted molar refractivity (Wildman–Crippen MR) is 64.9 cm³/mol. The van der Waals surface area contributed by atoms with Crippen molar-refractivity contribution < 1.29 is 13.9 Å². The van der Waals surface area contributed by atoms with Gasteiger partial charge >= 0.3 is 0 Å². The highest BCUT2D eigenvalue weighted by Gasteiger charge is 2.02. The van der Waals surface area contributed by atoms with E-state index >= 15 is 0 Å². The summed E-state index contributed by atoms with van der Waals surface area (Å²) in [6.45, 7) is 2.32. The summed E-state index contributed by atoms with van der Waals surface area (Å²) in [7, 11) is 1.58. The molecule has 0 spiro atoms. The molecular weight excluding hydrogens is 221 g/mol. The van der Waals surface area contributed by atoms with Crippen molar-refractivity contribution in [2.24, 2.45) is 0 Å². The number of hydrogen-bond acceptors (Lipinski definition) is 2. The SMILES string of the molecule is COC[C@H](C)NC(=O)/C=C/c1ccc(F)cc1. The fraction of sp³-hybridized carbons (Fsp3) is 0.308. The number of ether oxygens (including phenoxy) is 1. The summed E-state index contributed by atoms with van der Waals surface area (Å²) in [6, 6.07) is 5.89. The molecule has 1 aromatic carbocycles. The Labute approximate surface area is 100 Å². The van der Waals surface area contributed by atoms with E-state index in [0.29, 0.717) is 6.61 Å². The lowest BCUT2D eigenvalue weighted by Crippen LogP contribution is -2.34. The van der Waals surface area contributed by atoms with Gasteiger partial charge in [-0.2, -0.15) is 0 Å². The van der Waals surface area contributed by atoms with Crippen LogP contribution in [-0.4, -0.2) is 25.7 Å². The number of halogens is 1. The van der Waals surface area contributed by atoms with E-state index in [1.165, 1.54) is 18.2 Å². The van der Waals surface area contributed by atoms with Crippen molar-refractivity contribution in [1.29, 1.82) is 0 Å². The van der Waals surface area contributed by atoms with E-state index in [1.807, 2.05) is 6.92 Å². The zero-order valence-corrected chi connectivity index (χ0v) is 9.94. The number of benzene rings is 1. The van der Waals surface area contributed by atoms with Crippen molar-refractivity contribution in [2.45, 2.75) is 13.0 Å². The Kier molecular flexibility index (Phi) is 5.36. The zero-order chi connectivity index (χ0) is 12.7. The molecule has 1 N–H and O–H groups in total. The van der Waals surface area contributed by atoms with Crippen LogP contribution < -0.4 is 5.32 Å². The topological polar surface area (TPSA) is 38.3 Å². The highest BCUT2D eigenvalue weighted by atomic mass is 19.1. The van der Waals surface area contributed by atoms with Crippen LogP contribution in [0.5, 0.6) is 0 Å². The van der Waals surface area contributed by atoms with Gasteiger partial charge in [0.05, 0.1) is 6.61 Å². The molecule has 1 amide bonds. The average molecular weight is 237 g/mol. The molecule has 0 saturated carbocycles. The van der Waals surface area contributed by atoms with E-state index in [9.17, 15) is 9.18 Å². The molecule has 0 unspecified atom stereocenters. The third kappa shape index (κ3) is 5.26. The molecule has 92 valence electrons. The first-order chi connectivity index (χ1) is 8.11. The monoisotopic (exact) mass is 237 g/mol. The van der Waals surface area contributed by atoms with Gasteiger partial charge in [-0.3, -0.25) is 4.79 Å². The van der Waals surface area contributed by atoms with Gasteiger partial charge in [0.2, 0.25) is 5.91 Å². The van der Waals surface area contributed by atoms with E-state index < -0.39 is 0 Å². The third-order valence-corrected chi connectivity index (χ3v) is 2.10. The molecule has 0 heterocycles. The minimum absolute atomic E-state index is 0.0367. The molecule has 3 nitrogen and oxygen atoms in total. The highest BCUT2D eigenvalue weighted by molar-refractivity contribution is 5.91. The summed E-state index contributed by atoms with van der Waals surface area (Å²) in [6.07, 6.45) is 3.05. The molecule has 0 fully saturated rings. The third-order valence-electron chi connectivity index (χ3n) is 2.10. The van der Waals surface area contributed by atoms with Gasteiger partial charge in [0.25, 0.3) is 0 Å². The van der Waals surface area contributed by atoms with Crippen LogP contribution in [-0.2, 0) is 9.53 Å². The van der Waals surface area contributed by atoms with Gasteiger partial charge in [0.15, 0.2) is 0 Å². The summed E-state index contributed by atoms with van der Waals surface area (Å²) >= 11 is 0. The van der Waals surface area contributed by atoms with Crippen LogP contribution in [0, 0.1) is 5.82 Å². The predicted octanol–water partition coefficient (Wildman–Crippen LogP) is 1.99. The molecule has 0 aliphatic carbocycles. The first-order valence-corrected chi connectivity index (χ1v) is 5.35. The number of hydrogen-bond donors (Lipinski definition) is 1. The Morgan fingerprint density at radius 1 is 1.47 bits per heavy atom. The molecule has 0 bridgehead atoms. The Hall–Kier alpha value is -1.68. The fourth-order valence-corrected chi connectivity index (χ4v) is 1.33. The van der Waals surface area contributed by atoms with Crippen molar-refractivity contribution >= 4 is 12.0 Å². The summed E-state index contributed by atoms with van der Waals surface area (Å²) in [4.78, 5) is 11.4. The maximum absolute atomic E-state index is 12.6. The molecule has 0 saturated heterocycles. The Morgan fingerprint density at radius 3 is 2.71 bits per heavy atom. The van der Waals surface area contributed by atoms with Crippen molar-refractivity contribution in [1.82, 2.24) is 5.32 Å². The van der Waals surface area contributed by atoms with Crippen LogP contribution >= 0.6 is 0 Å². The molecule has 17 heavy (non-hydrogen) atoms. The maximum atomic E-state index is 12.6. The molecular formula is C13H16FNO2. The summed E-state index contributed by atoms with van der Waals surface area (Å²) in [5.41, 5.74) is 0.779. The van der Waals surface area contributed by atoms with Crippen LogP contribution in [0.25, 0.3) is 6.08 Å². The van der Waals surface area contributed by atoms with Gasteiger partial charge in [-0.05, 0) is 30.7 Å². The highest BCUT2D eigenvalue weighted by Crippen LogP contribution is 2.04. The Balaban J connectivity index is 2.47. The summed E-state index contributed by atoms with van der Waals surface area (Å²) < 4.78 is 17.5. The van der Waals surface area contributed by atoms with Crippen LogP contribution in [0.15, 0.2) is 30.3 Å². The maximum Gasteiger partial charge on any atom is 0.244 e.